The Hall–Kier alpha value is 0.110. The monoisotopic (exact) mass is 167 g/mol. The van der Waals surface area contributed by atoms with Crippen LogP contribution in [0.5, 0.6) is 0 Å². The molecule has 0 aliphatic rings. The summed E-state index contributed by atoms with van der Waals surface area (Å²) in [6.45, 7) is 0.676. The minimum absolute atomic E-state index is 0.0482. The zero-order valence-corrected chi connectivity index (χ0v) is 6.71. The summed E-state index contributed by atoms with van der Waals surface area (Å²) in [4.78, 5) is 10.4. The van der Waals surface area contributed by atoms with E-state index in [2.05, 4.69) is 17.9 Å². The lowest BCUT2D eigenvalue weighted by atomic mass is 10.5. The third-order valence-corrected chi connectivity index (χ3v) is 1.34. The van der Waals surface area contributed by atoms with Crippen molar-refractivity contribution in [1.82, 2.24) is 5.32 Å². The van der Waals surface area contributed by atoms with Crippen molar-refractivity contribution in [3.63, 3.8) is 0 Å². The van der Waals surface area contributed by atoms with E-state index in [4.69, 9.17) is 11.6 Å². The van der Waals surface area contributed by atoms with Gasteiger partial charge in [-0.25, -0.2) is 0 Å². The number of hydrogen-bond donors (Lipinski definition) is 2. The Balaban J connectivity index is 2.97. The predicted octanol–water partition coefficient (Wildman–Crippen LogP) is 0.661. The van der Waals surface area contributed by atoms with Gasteiger partial charge in [-0.05, 0) is 12.2 Å². The molecule has 0 aliphatic carbocycles. The van der Waals surface area contributed by atoms with Gasteiger partial charge >= 0.3 is 0 Å². The molecule has 9 heavy (non-hydrogen) atoms. The van der Waals surface area contributed by atoms with Crippen LogP contribution in [0.2, 0.25) is 0 Å². The van der Waals surface area contributed by atoms with Gasteiger partial charge in [0.15, 0.2) is 0 Å². The highest BCUT2D eigenvalue weighted by Gasteiger charge is 1.93. The van der Waals surface area contributed by atoms with E-state index in [0.29, 0.717) is 6.54 Å². The number of halogens is 1. The Morgan fingerprint density at radius 2 is 2.33 bits per heavy atom. The van der Waals surface area contributed by atoms with Crippen LogP contribution >= 0.6 is 24.2 Å². The Kier molecular flexibility index (Phi) is 6.31. The van der Waals surface area contributed by atoms with Crippen molar-refractivity contribution in [3.05, 3.63) is 0 Å². The maximum atomic E-state index is 10.4. The number of carbonyl (C=O) groups is 1. The number of rotatable bonds is 4. The molecule has 0 heterocycles. The molecule has 0 saturated carbocycles. The molecule has 1 N–H and O–H groups in total. The minimum atomic E-state index is -0.113. The number of alkyl halides is 1. The predicted molar refractivity (Wildman–Crippen MR) is 42.2 cm³/mol. The summed E-state index contributed by atoms with van der Waals surface area (Å²) in [7, 11) is 0. The number of thiol groups is 1. The van der Waals surface area contributed by atoms with E-state index < -0.39 is 0 Å². The molecule has 0 aliphatic heterocycles. The normalized spacial score (nSPS) is 9.11. The summed E-state index contributed by atoms with van der Waals surface area (Å²) in [6, 6.07) is 0. The van der Waals surface area contributed by atoms with Crippen molar-refractivity contribution in [2.45, 2.75) is 6.42 Å². The van der Waals surface area contributed by atoms with Gasteiger partial charge in [0.1, 0.15) is 5.88 Å². The quantitative estimate of drug-likeness (QED) is 0.360. The Bertz CT molecular complexity index is 89.0. The fraction of sp³-hybridized carbons (Fsp3) is 0.800. The lowest BCUT2D eigenvalue weighted by Crippen LogP contribution is -2.25. The molecule has 0 fully saturated rings. The van der Waals surface area contributed by atoms with E-state index in [1.807, 2.05) is 0 Å². The van der Waals surface area contributed by atoms with Gasteiger partial charge in [-0.15, -0.1) is 11.6 Å². The Morgan fingerprint density at radius 3 is 2.78 bits per heavy atom. The van der Waals surface area contributed by atoms with Crippen molar-refractivity contribution in [2.75, 3.05) is 18.2 Å². The highest BCUT2D eigenvalue weighted by molar-refractivity contribution is 7.80. The number of carbonyl (C=O) groups excluding carboxylic acids is 1. The molecule has 4 heteroatoms. The van der Waals surface area contributed by atoms with E-state index in [0.717, 1.165) is 12.2 Å². The van der Waals surface area contributed by atoms with E-state index in [-0.39, 0.29) is 11.8 Å². The Labute approximate surface area is 65.4 Å². The molecule has 0 bridgehead atoms. The van der Waals surface area contributed by atoms with Gasteiger partial charge in [0.25, 0.3) is 0 Å². The highest BCUT2D eigenvalue weighted by Crippen LogP contribution is 1.80. The molecule has 0 atom stereocenters. The smallest absolute Gasteiger partial charge is 0.234 e. The van der Waals surface area contributed by atoms with Crippen molar-refractivity contribution < 1.29 is 4.79 Å². The maximum absolute atomic E-state index is 10.4. The maximum Gasteiger partial charge on any atom is 0.234 e. The molecule has 2 nitrogen and oxygen atoms in total. The first-order valence-electron chi connectivity index (χ1n) is 2.74. The molecular weight excluding hydrogens is 158 g/mol. The molecule has 54 valence electrons. The summed E-state index contributed by atoms with van der Waals surface area (Å²) in [5, 5.41) is 2.61. The highest BCUT2D eigenvalue weighted by atomic mass is 35.5. The van der Waals surface area contributed by atoms with Gasteiger partial charge in [-0.2, -0.15) is 12.6 Å². The Morgan fingerprint density at radius 1 is 1.67 bits per heavy atom. The summed E-state index contributed by atoms with van der Waals surface area (Å²) in [5.74, 6) is 0.730. The van der Waals surface area contributed by atoms with Gasteiger partial charge in [0, 0.05) is 6.54 Å². The first kappa shape index (κ1) is 9.11. The summed E-state index contributed by atoms with van der Waals surface area (Å²) in [5.41, 5.74) is 0. The lowest BCUT2D eigenvalue weighted by Gasteiger charge is -1.98. The largest absolute Gasteiger partial charge is 0.355 e. The van der Waals surface area contributed by atoms with Crippen molar-refractivity contribution in [2.24, 2.45) is 0 Å². The molecule has 0 unspecified atom stereocenters. The van der Waals surface area contributed by atoms with Crippen LogP contribution in [0.15, 0.2) is 0 Å². The molecule has 0 aromatic rings. The van der Waals surface area contributed by atoms with Crippen LogP contribution in [-0.2, 0) is 4.79 Å². The van der Waals surface area contributed by atoms with E-state index in [9.17, 15) is 4.79 Å². The summed E-state index contributed by atoms with van der Waals surface area (Å²) >= 11 is 9.17. The first-order chi connectivity index (χ1) is 4.31. The molecule has 0 saturated heterocycles. The van der Waals surface area contributed by atoms with Gasteiger partial charge < -0.3 is 5.32 Å². The minimum Gasteiger partial charge on any atom is -0.355 e. The van der Waals surface area contributed by atoms with Crippen molar-refractivity contribution >= 4 is 30.1 Å². The number of hydrogen-bond acceptors (Lipinski definition) is 2. The molecule has 0 rings (SSSR count). The second-order valence-electron chi connectivity index (χ2n) is 1.56. The topological polar surface area (TPSA) is 29.1 Å². The fourth-order valence-corrected chi connectivity index (χ4v) is 0.607. The first-order valence-corrected chi connectivity index (χ1v) is 3.91. The summed E-state index contributed by atoms with van der Waals surface area (Å²) in [6.07, 6.45) is 0.895. The van der Waals surface area contributed by atoms with Crippen LogP contribution in [0.4, 0.5) is 0 Å². The van der Waals surface area contributed by atoms with Crippen LogP contribution in [0.1, 0.15) is 6.42 Å². The van der Waals surface area contributed by atoms with Crippen LogP contribution < -0.4 is 5.32 Å². The molecule has 0 radical (unpaired) electrons. The van der Waals surface area contributed by atoms with Gasteiger partial charge in [-0.3, -0.25) is 4.79 Å². The van der Waals surface area contributed by atoms with Crippen LogP contribution in [0.25, 0.3) is 0 Å². The lowest BCUT2D eigenvalue weighted by molar-refractivity contribution is -0.118. The fourth-order valence-electron chi connectivity index (χ4n) is 0.354. The van der Waals surface area contributed by atoms with Crippen LogP contribution in [-0.4, -0.2) is 24.1 Å². The zero-order chi connectivity index (χ0) is 7.11. The van der Waals surface area contributed by atoms with Crippen molar-refractivity contribution in [3.8, 4) is 0 Å². The van der Waals surface area contributed by atoms with E-state index in [1.54, 1.807) is 0 Å². The standard InChI is InChI=1S/C5H10ClNOS/c6-4-5(8)7-2-1-3-9/h9H,1-4H2,(H,7,8). The molecule has 0 aromatic carbocycles. The average molecular weight is 168 g/mol. The zero-order valence-electron chi connectivity index (χ0n) is 5.06. The third kappa shape index (κ3) is 5.99. The second-order valence-corrected chi connectivity index (χ2v) is 2.28. The third-order valence-electron chi connectivity index (χ3n) is 0.778. The van der Waals surface area contributed by atoms with E-state index >= 15 is 0 Å². The SMILES string of the molecule is O=C(CCl)NCCCS. The van der Waals surface area contributed by atoms with Crippen LogP contribution in [0, 0.1) is 0 Å². The molecule has 0 aromatic heterocycles. The van der Waals surface area contributed by atoms with Gasteiger partial charge in [0.05, 0.1) is 0 Å². The second kappa shape index (κ2) is 6.23. The van der Waals surface area contributed by atoms with Gasteiger partial charge in [0.2, 0.25) is 5.91 Å². The molecule has 1 amide bonds. The number of amides is 1. The molecular formula is C5H10ClNOS. The van der Waals surface area contributed by atoms with Crippen LogP contribution in [0.3, 0.4) is 0 Å². The summed E-state index contributed by atoms with van der Waals surface area (Å²) < 4.78 is 0. The number of nitrogens with one attached hydrogen (secondary N) is 1. The average Bonchev–Trinajstić information content (AvgIpc) is 1.89. The van der Waals surface area contributed by atoms with E-state index in [1.165, 1.54) is 0 Å². The van der Waals surface area contributed by atoms with Gasteiger partial charge in [-0.1, -0.05) is 0 Å². The van der Waals surface area contributed by atoms with Crippen molar-refractivity contribution in [1.29, 1.82) is 0 Å². The molecule has 0 spiro atoms.